The number of nitrogens with zero attached hydrogens (tertiary/aromatic N) is 2. The fourth-order valence-corrected chi connectivity index (χ4v) is 7.32. The van der Waals surface area contributed by atoms with Gasteiger partial charge in [0.25, 0.3) is 5.69 Å². The zero-order valence-corrected chi connectivity index (χ0v) is 21.8. The van der Waals surface area contributed by atoms with Gasteiger partial charge in [-0.3, -0.25) is 19.8 Å². The molecule has 1 unspecified atom stereocenters. The van der Waals surface area contributed by atoms with Crippen molar-refractivity contribution in [3.8, 4) is 11.3 Å². The van der Waals surface area contributed by atoms with Gasteiger partial charge in [-0.15, -0.1) is 0 Å². The van der Waals surface area contributed by atoms with E-state index in [0.29, 0.717) is 17.1 Å². The van der Waals surface area contributed by atoms with Crippen molar-refractivity contribution in [2.45, 2.75) is 30.3 Å². The van der Waals surface area contributed by atoms with E-state index in [9.17, 15) is 14.9 Å². The zero-order valence-electron chi connectivity index (χ0n) is 21.0. The summed E-state index contributed by atoms with van der Waals surface area (Å²) in [6.07, 6.45) is 2.02. The quantitative estimate of drug-likeness (QED) is 0.169. The number of nitro benzene ring substituents is 1. The summed E-state index contributed by atoms with van der Waals surface area (Å²) in [6.45, 7) is 1.51. The Bertz CT molecular complexity index is 1580. The number of ketones is 1. The Balaban J connectivity index is 1.38. The topological polar surface area (TPSA) is 88.6 Å². The average Bonchev–Trinajstić information content (AvgIpc) is 3.74. The molecule has 3 aromatic carbocycles. The first kappa shape index (κ1) is 24.1. The smallest absolute Gasteiger partial charge is 0.269 e. The molecule has 0 aliphatic carbocycles. The van der Waals surface area contributed by atoms with E-state index in [1.807, 2.05) is 48.5 Å². The van der Waals surface area contributed by atoms with Crippen LogP contribution in [0.15, 0.2) is 89.3 Å². The number of Topliss-reactive ketones (excluding diaryl/α,β-unsaturated/α-hetero) is 1. The van der Waals surface area contributed by atoms with Crippen molar-refractivity contribution >= 4 is 28.8 Å². The van der Waals surface area contributed by atoms with Crippen molar-refractivity contribution in [3.63, 3.8) is 0 Å². The Morgan fingerprint density at radius 3 is 2.56 bits per heavy atom. The Morgan fingerprint density at radius 1 is 1.03 bits per heavy atom. The largest absolute Gasteiger partial charge is 0.461 e. The molecule has 7 rings (SSSR count). The molecule has 1 N–H and O–H groups in total. The number of halogens is 1. The van der Waals surface area contributed by atoms with Crippen molar-refractivity contribution in [1.82, 2.24) is 4.90 Å². The number of benzene rings is 3. The van der Waals surface area contributed by atoms with E-state index < -0.39 is 16.4 Å². The summed E-state index contributed by atoms with van der Waals surface area (Å²) in [7, 11) is 0. The van der Waals surface area contributed by atoms with Gasteiger partial charge in [-0.25, -0.2) is 0 Å². The second kappa shape index (κ2) is 9.07. The summed E-state index contributed by atoms with van der Waals surface area (Å²) in [5, 5.41) is 15.5. The number of non-ortho nitro benzene ring substituents is 1. The second-order valence-electron chi connectivity index (χ2n) is 10.6. The van der Waals surface area contributed by atoms with E-state index in [-0.39, 0.29) is 23.4 Å². The minimum atomic E-state index is -0.547. The molecule has 4 aromatic rings. The minimum Gasteiger partial charge on any atom is -0.461 e. The number of carbonyl (C=O) groups is 1. The first-order valence-electron chi connectivity index (χ1n) is 13.2. The lowest BCUT2D eigenvalue weighted by Crippen LogP contribution is -2.49. The second-order valence-corrected chi connectivity index (χ2v) is 11.0. The predicted molar refractivity (Wildman–Crippen MR) is 149 cm³/mol. The molecule has 8 heteroatoms. The van der Waals surface area contributed by atoms with E-state index >= 15 is 0 Å². The highest BCUT2D eigenvalue weighted by Gasteiger charge is 2.65. The number of nitrogens with one attached hydrogen (secondary N) is 1. The van der Waals surface area contributed by atoms with Crippen molar-refractivity contribution in [3.05, 3.63) is 117 Å². The van der Waals surface area contributed by atoms with E-state index in [2.05, 4.69) is 22.3 Å². The van der Waals surface area contributed by atoms with Crippen LogP contribution in [0.3, 0.4) is 0 Å². The SMILES string of the molecule is O=C(c1ccc([N+](=O)[O-])cc1)[C@H]1[C@H](c2ccc(-c3ccc(Cl)cc3)o2)C2CCCN2[C@]12CNc1ccccc12. The Morgan fingerprint density at radius 2 is 1.79 bits per heavy atom. The van der Waals surface area contributed by atoms with Gasteiger partial charge in [0, 0.05) is 52.5 Å². The standard InChI is InChI=1S/C31H26ClN3O4/c32-21-11-7-19(8-12-21)26-15-16-27(39-26)28-25-6-3-17-34(25)31(18-33-24-5-2-1-4-23(24)31)29(28)30(36)20-9-13-22(14-10-20)35(37)38/h1-2,4-5,7-16,25,28-29,33H,3,6,17-18H2/t25?,28-,29+,31-/m0/s1. The summed E-state index contributed by atoms with van der Waals surface area (Å²) >= 11 is 6.10. The molecule has 2 saturated heterocycles. The van der Waals surface area contributed by atoms with Crippen molar-refractivity contribution in [1.29, 1.82) is 0 Å². The van der Waals surface area contributed by atoms with Gasteiger partial charge in [-0.05, 0) is 79.5 Å². The molecule has 39 heavy (non-hydrogen) atoms. The number of hydrogen-bond donors (Lipinski definition) is 1. The van der Waals surface area contributed by atoms with E-state index in [1.54, 1.807) is 12.1 Å². The number of fused-ring (bicyclic) bond motifs is 4. The Kier molecular flexibility index (Phi) is 5.61. The fourth-order valence-electron chi connectivity index (χ4n) is 7.19. The third kappa shape index (κ3) is 3.64. The van der Waals surface area contributed by atoms with Gasteiger partial charge in [-0.1, -0.05) is 29.8 Å². The summed E-state index contributed by atoms with van der Waals surface area (Å²) < 4.78 is 6.53. The Labute approximate surface area is 230 Å². The van der Waals surface area contributed by atoms with E-state index in [4.69, 9.17) is 16.0 Å². The molecule has 2 fully saturated rings. The summed E-state index contributed by atoms with van der Waals surface area (Å²) in [4.78, 5) is 27.9. The van der Waals surface area contributed by atoms with Crippen LogP contribution in [0.4, 0.5) is 11.4 Å². The molecule has 0 saturated carbocycles. The maximum Gasteiger partial charge on any atom is 0.269 e. The van der Waals surface area contributed by atoms with Crippen LogP contribution in [0.1, 0.15) is 40.4 Å². The molecule has 0 amide bonds. The number of carbonyl (C=O) groups excluding carboxylic acids is 1. The lowest BCUT2D eigenvalue weighted by atomic mass is 9.70. The van der Waals surface area contributed by atoms with Crippen molar-refractivity contribution in [2.75, 3.05) is 18.4 Å². The normalized spacial score (nSPS) is 25.4. The number of para-hydroxylation sites is 1. The van der Waals surface area contributed by atoms with Crippen molar-refractivity contribution in [2.24, 2.45) is 5.92 Å². The number of anilines is 1. The molecule has 4 heterocycles. The molecule has 0 radical (unpaired) electrons. The number of hydrogen-bond acceptors (Lipinski definition) is 6. The molecule has 1 aromatic heterocycles. The molecule has 3 aliphatic heterocycles. The third-order valence-electron chi connectivity index (χ3n) is 8.77. The van der Waals surface area contributed by atoms with Crippen LogP contribution < -0.4 is 5.32 Å². The van der Waals surface area contributed by atoms with Gasteiger partial charge < -0.3 is 9.73 Å². The Hall–Kier alpha value is -3.94. The van der Waals surface area contributed by atoms with Crippen LogP contribution in [0.5, 0.6) is 0 Å². The van der Waals surface area contributed by atoms with Crippen LogP contribution in [0.25, 0.3) is 11.3 Å². The lowest BCUT2D eigenvalue weighted by molar-refractivity contribution is -0.384. The number of rotatable bonds is 5. The highest BCUT2D eigenvalue weighted by atomic mass is 35.5. The first-order chi connectivity index (χ1) is 19.0. The molecular formula is C31H26ClN3O4. The van der Waals surface area contributed by atoms with Crippen LogP contribution in [0.2, 0.25) is 5.02 Å². The number of nitro groups is 1. The van der Waals surface area contributed by atoms with Crippen LogP contribution in [-0.4, -0.2) is 34.7 Å². The molecule has 0 bridgehead atoms. The van der Waals surface area contributed by atoms with Gasteiger partial charge in [0.15, 0.2) is 5.78 Å². The minimum absolute atomic E-state index is 0.0211. The van der Waals surface area contributed by atoms with Gasteiger partial charge >= 0.3 is 0 Å². The summed E-state index contributed by atoms with van der Waals surface area (Å²) in [5.41, 5.74) is 3.00. The number of furan rings is 1. The fraction of sp³-hybridized carbons (Fsp3) is 0.258. The van der Waals surface area contributed by atoms with Gasteiger partial charge in [-0.2, -0.15) is 0 Å². The van der Waals surface area contributed by atoms with E-state index in [1.165, 1.54) is 12.1 Å². The molecule has 1 spiro atoms. The maximum absolute atomic E-state index is 14.5. The molecular weight excluding hydrogens is 514 g/mol. The molecule has 4 atom stereocenters. The summed E-state index contributed by atoms with van der Waals surface area (Å²) in [5.74, 6) is 0.887. The molecule has 3 aliphatic rings. The average molecular weight is 540 g/mol. The van der Waals surface area contributed by atoms with Crippen LogP contribution in [0, 0.1) is 16.0 Å². The van der Waals surface area contributed by atoms with E-state index in [0.717, 1.165) is 47.7 Å². The van der Waals surface area contributed by atoms with Gasteiger partial charge in [0.05, 0.1) is 16.4 Å². The highest BCUT2D eigenvalue weighted by Crippen LogP contribution is 2.61. The van der Waals surface area contributed by atoms with Crippen molar-refractivity contribution < 1.29 is 14.1 Å². The predicted octanol–water partition coefficient (Wildman–Crippen LogP) is 6.89. The monoisotopic (exact) mass is 539 g/mol. The third-order valence-corrected chi connectivity index (χ3v) is 9.02. The van der Waals surface area contributed by atoms with Crippen LogP contribution in [-0.2, 0) is 5.54 Å². The summed E-state index contributed by atoms with van der Waals surface area (Å²) in [6, 6.07) is 25.9. The first-order valence-corrected chi connectivity index (χ1v) is 13.6. The highest BCUT2D eigenvalue weighted by molar-refractivity contribution is 6.30. The van der Waals surface area contributed by atoms with Crippen LogP contribution >= 0.6 is 11.6 Å². The molecule has 7 nitrogen and oxygen atoms in total. The van der Waals surface area contributed by atoms with Gasteiger partial charge in [0.2, 0.25) is 0 Å². The lowest BCUT2D eigenvalue weighted by Gasteiger charge is -2.38. The maximum atomic E-state index is 14.5. The molecule has 196 valence electrons. The zero-order chi connectivity index (χ0) is 26.7. The van der Waals surface area contributed by atoms with Gasteiger partial charge in [0.1, 0.15) is 11.5 Å².